The van der Waals surface area contributed by atoms with E-state index in [1.54, 1.807) is 18.2 Å². The van der Waals surface area contributed by atoms with Gasteiger partial charge in [0.1, 0.15) is 24.4 Å². The topological polar surface area (TPSA) is 67.9 Å². The highest BCUT2D eigenvalue weighted by Crippen LogP contribution is 2.26. The number of hydrogen-bond acceptors (Lipinski definition) is 4. The average Bonchev–Trinajstić information content (AvgIpc) is 2.97. The van der Waals surface area contributed by atoms with Crippen LogP contribution in [0, 0.1) is 5.82 Å². The summed E-state index contributed by atoms with van der Waals surface area (Å²) in [7, 11) is 0. The number of benzene rings is 1. The van der Waals surface area contributed by atoms with Crippen molar-refractivity contribution in [3.05, 3.63) is 65.9 Å². The highest BCUT2D eigenvalue weighted by molar-refractivity contribution is 5.88. The van der Waals surface area contributed by atoms with E-state index in [9.17, 15) is 9.18 Å². The molecule has 0 fully saturated rings. The van der Waals surface area contributed by atoms with Crippen LogP contribution in [0.25, 0.3) is 11.0 Å². The molecule has 3 aromatic rings. The third-order valence-corrected chi connectivity index (χ3v) is 3.47. The van der Waals surface area contributed by atoms with Gasteiger partial charge in [-0.1, -0.05) is 18.2 Å². The van der Waals surface area contributed by atoms with E-state index >= 15 is 0 Å². The van der Waals surface area contributed by atoms with Crippen molar-refractivity contribution in [3.8, 4) is 5.88 Å². The Bertz CT molecular complexity index is 902. The molecule has 0 bridgehead atoms. The first-order valence-electron chi connectivity index (χ1n) is 7.49. The Morgan fingerprint density at radius 2 is 2.25 bits per heavy atom. The lowest BCUT2D eigenvalue weighted by Gasteiger charge is -2.07. The molecular formula is C18H16FN3O2. The molecule has 5 nitrogen and oxygen atoms in total. The van der Waals surface area contributed by atoms with Crippen molar-refractivity contribution in [2.24, 2.45) is 0 Å². The Labute approximate surface area is 138 Å². The maximum Gasteiger partial charge on any atom is 0.226 e. The summed E-state index contributed by atoms with van der Waals surface area (Å²) in [6, 6.07) is 6.23. The Morgan fingerprint density at radius 1 is 1.38 bits per heavy atom. The number of allylic oxidation sites excluding steroid dienone is 2. The summed E-state index contributed by atoms with van der Waals surface area (Å²) in [6.07, 6.45) is 7.10. The third-order valence-electron chi connectivity index (χ3n) is 3.47. The van der Waals surface area contributed by atoms with Crippen molar-refractivity contribution in [3.63, 3.8) is 0 Å². The van der Waals surface area contributed by atoms with Crippen LogP contribution in [0.4, 0.5) is 4.39 Å². The molecule has 0 aliphatic carbocycles. The summed E-state index contributed by atoms with van der Waals surface area (Å²) < 4.78 is 19.0. The van der Waals surface area contributed by atoms with E-state index in [2.05, 4.69) is 15.0 Å². The number of ketones is 1. The van der Waals surface area contributed by atoms with E-state index in [0.717, 1.165) is 16.5 Å². The summed E-state index contributed by atoms with van der Waals surface area (Å²) in [4.78, 5) is 22.4. The van der Waals surface area contributed by atoms with Crippen LogP contribution in [0.2, 0.25) is 0 Å². The van der Waals surface area contributed by atoms with E-state index in [0.29, 0.717) is 17.9 Å². The number of hydrogen-bond donors (Lipinski definition) is 1. The summed E-state index contributed by atoms with van der Waals surface area (Å²) in [5.41, 5.74) is 2.30. The molecule has 0 saturated carbocycles. The molecule has 6 heteroatoms. The first-order valence-corrected chi connectivity index (χ1v) is 7.49. The number of nitrogens with one attached hydrogen (secondary N) is 1. The maximum atomic E-state index is 13.2. The molecule has 1 N–H and O–H groups in total. The Kier molecular flexibility index (Phi) is 4.65. The molecule has 0 aliphatic heterocycles. The highest BCUT2D eigenvalue weighted by atomic mass is 19.1. The molecular weight excluding hydrogens is 309 g/mol. The smallest absolute Gasteiger partial charge is 0.226 e. The first kappa shape index (κ1) is 15.9. The van der Waals surface area contributed by atoms with Gasteiger partial charge in [0.05, 0.1) is 5.39 Å². The minimum Gasteiger partial charge on any atom is -0.472 e. The standard InChI is InChI=1S/C18H16FN3O2/c1-12(23)4-2-6-14-9-20-17-16(14)18(22-11-21-17)24-10-13-5-3-7-15(19)8-13/h2-5,7-9,11H,6,10H2,1H3,(H,20,21,22)/b4-2+. The van der Waals surface area contributed by atoms with E-state index in [1.165, 1.54) is 31.5 Å². The van der Waals surface area contributed by atoms with Crippen LogP contribution in [0.15, 0.2) is 48.9 Å². The van der Waals surface area contributed by atoms with E-state index in [4.69, 9.17) is 4.74 Å². The van der Waals surface area contributed by atoms with Crippen LogP contribution in [0.5, 0.6) is 5.88 Å². The molecule has 2 aromatic heterocycles. The first-order chi connectivity index (χ1) is 11.6. The molecule has 0 amide bonds. The summed E-state index contributed by atoms with van der Waals surface area (Å²) in [5.74, 6) is 0.117. The molecule has 0 aliphatic rings. The van der Waals surface area contributed by atoms with Crippen molar-refractivity contribution in [2.75, 3.05) is 0 Å². The largest absolute Gasteiger partial charge is 0.472 e. The SMILES string of the molecule is CC(=O)/C=C/Cc1c[nH]c2ncnc(OCc3cccc(F)c3)c12. The van der Waals surface area contributed by atoms with E-state index in [-0.39, 0.29) is 18.2 Å². The van der Waals surface area contributed by atoms with Crippen LogP contribution in [-0.4, -0.2) is 20.7 Å². The third kappa shape index (κ3) is 3.65. The lowest BCUT2D eigenvalue weighted by Crippen LogP contribution is -1.99. The van der Waals surface area contributed by atoms with Crippen LogP contribution in [0.1, 0.15) is 18.1 Å². The molecule has 0 radical (unpaired) electrons. The zero-order valence-corrected chi connectivity index (χ0v) is 13.1. The molecule has 0 unspecified atom stereocenters. The van der Waals surface area contributed by atoms with Gasteiger partial charge < -0.3 is 9.72 Å². The molecule has 122 valence electrons. The van der Waals surface area contributed by atoms with Crippen molar-refractivity contribution in [1.29, 1.82) is 0 Å². The van der Waals surface area contributed by atoms with Gasteiger partial charge in [0.15, 0.2) is 5.78 Å². The zero-order chi connectivity index (χ0) is 16.9. The molecule has 2 heterocycles. The lowest BCUT2D eigenvalue weighted by molar-refractivity contribution is -0.112. The average molecular weight is 325 g/mol. The minimum absolute atomic E-state index is 0.00586. The number of carbonyl (C=O) groups excluding carboxylic acids is 1. The van der Waals surface area contributed by atoms with Gasteiger partial charge >= 0.3 is 0 Å². The molecule has 3 rings (SSSR count). The molecule has 0 atom stereocenters. The van der Waals surface area contributed by atoms with Crippen molar-refractivity contribution >= 4 is 16.8 Å². The van der Waals surface area contributed by atoms with Gasteiger partial charge in [-0.2, -0.15) is 0 Å². The predicted octanol–water partition coefficient (Wildman–Crippen LogP) is 3.36. The number of fused-ring (bicyclic) bond motifs is 1. The molecule has 0 spiro atoms. The number of H-pyrrole nitrogens is 1. The second-order valence-electron chi connectivity index (χ2n) is 5.35. The molecule has 1 aromatic carbocycles. The Morgan fingerprint density at radius 3 is 3.04 bits per heavy atom. The molecule has 0 saturated heterocycles. The molecule has 24 heavy (non-hydrogen) atoms. The second-order valence-corrected chi connectivity index (χ2v) is 5.35. The van der Waals surface area contributed by atoms with E-state index < -0.39 is 0 Å². The minimum atomic E-state index is -0.305. The van der Waals surface area contributed by atoms with Crippen molar-refractivity contribution < 1.29 is 13.9 Å². The van der Waals surface area contributed by atoms with Gasteiger partial charge in [0, 0.05) is 6.20 Å². The zero-order valence-electron chi connectivity index (χ0n) is 13.1. The lowest BCUT2D eigenvalue weighted by atomic mass is 10.1. The summed E-state index contributed by atoms with van der Waals surface area (Å²) >= 11 is 0. The Balaban J connectivity index is 1.84. The van der Waals surface area contributed by atoms with E-state index in [1.807, 2.05) is 6.20 Å². The normalized spacial score (nSPS) is 11.2. The number of ether oxygens (including phenoxy) is 1. The monoisotopic (exact) mass is 325 g/mol. The van der Waals surface area contributed by atoms with Gasteiger partial charge in [-0.25, -0.2) is 14.4 Å². The fourth-order valence-corrected chi connectivity index (χ4v) is 2.40. The van der Waals surface area contributed by atoms with Crippen LogP contribution >= 0.6 is 0 Å². The van der Waals surface area contributed by atoms with Crippen LogP contribution in [0.3, 0.4) is 0 Å². The summed E-state index contributed by atoms with van der Waals surface area (Å²) in [5, 5.41) is 0.766. The number of aromatic amines is 1. The quantitative estimate of drug-likeness (QED) is 0.706. The highest BCUT2D eigenvalue weighted by Gasteiger charge is 2.11. The number of nitrogens with zero attached hydrogens (tertiary/aromatic N) is 2. The van der Waals surface area contributed by atoms with Gasteiger partial charge in [-0.05, 0) is 42.7 Å². The second kappa shape index (κ2) is 7.04. The summed E-state index contributed by atoms with van der Waals surface area (Å²) in [6.45, 7) is 1.71. The fraction of sp³-hybridized carbons (Fsp3) is 0.167. The van der Waals surface area contributed by atoms with Gasteiger partial charge in [-0.3, -0.25) is 4.79 Å². The predicted molar refractivity (Wildman–Crippen MR) is 88.1 cm³/mol. The van der Waals surface area contributed by atoms with Gasteiger partial charge in [0.25, 0.3) is 0 Å². The fourth-order valence-electron chi connectivity index (χ4n) is 2.40. The number of halogens is 1. The number of aromatic nitrogens is 3. The number of carbonyl (C=O) groups is 1. The maximum absolute atomic E-state index is 13.2. The Hall–Kier alpha value is -3.02. The van der Waals surface area contributed by atoms with Crippen LogP contribution in [-0.2, 0) is 17.8 Å². The van der Waals surface area contributed by atoms with Gasteiger partial charge in [0.2, 0.25) is 5.88 Å². The van der Waals surface area contributed by atoms with Crippen molar-refractivity contribution in [2.45, 2.75) is 20.0 Å². The van der Waals surface area contributed by atoms with Gasteiger partial charge in [-0.15, -0.1) is 0 Å². The van der Waals surface area contributed by atoms with Crippen molar-refractivity contribution in [1.82, 2.24) is 15.0 Å². The number of rotatable bonds is 6. The van der Waals surface area contributed by atoms with Crippen LogP contribution < -0.4 is 4.74 Å².